The van der Waals surface area contributed by atoms with Gasteiger partial charge in [-0.25, -0.2) is 9.59 Å². The summed E-state index contributed by atoms with van der Waals surface area (Å²) in [5.41, 5.74) is 0. The molecular formula is C19H27N3O5S. The first-order valence-electron chi connectivity index (χ1n) is 9.18. The van der Waals surface area contributed by atoms with Crippen LogP contribution in [0.15, 0.2) is 37.5 Å². The van der Waals surface area contributed by atoms with Gasteiger partial charge < -0.3 is 24.2 Å². The van der Waals surface area contributed by atoms with Gasteiger partial charge >= 0.3 is 12.2 Å². The molecule has 2 saturated heterocycles. The molecule has 9 heteroatoms. The number of carbonyl (C=O) groups excluding carboxylic acids is 3. The third kappa shape index (κ3) is 6.05. The molecule has 2 heterocycles. The predicted molar refractivity (Wildman–Crippen MR) is 108 cm³/mol. The van der Waals surface area contributed by atoms with Crippen molar-refractivity contribution in [2.24, 2.45) is 0 Å². The van der Waals surface area contributed by atoms with Gasteiger partial charge in [-0.15, -0.1) is 0 Å². The van der Waals surface area contributed by atoms with Crippen molar-refractivity contribution in [3.63, 3.8) is 0 Å². The minimum absolute atomic E-state index is 0.0335. The van der Waals surface area contributed by atoms with Crippen molar-refractivity contribution in [2.45, 2.75) is 17.7 Å². The van der Waals surface area contributed by atoms with E-state index >= 15 is 0 Å². The predicted octanol–water partition coefficient (Wildman–Crippen LogP) is 1.70. The number of carbonyl (C=O) groups is 3. The molecule has 2 aliphatic heterocycles. The normalized spacial score (nSPS) is 22.2. The van der Waals surface area contributed by atoms with E-state index in [1.807, 2.05) is 0 Å². The highest BCUT2D eigenvalue weighted by molar-refractivity contribution is 7.81. The van der Waals surface area contributed by atoms with Crippen molar-refractivity contribution in [2.75, 3.05) is 45.9 Å². The summed E-state index contributed by atoms with van der Waals surface area (Å²) in [4.78, 5) is 41.2. The van der Waals surface area contributed by atoms with E-state index in [0.717, 1.165) is 0 Å². The van der Waals surface area contributed by atoms with Crippen molar-refractivity contribution >= 4 is 30.7 Å². The molecule has 28 heavy (non-hydrogen) atoms. The Hall–Kier alpha value is -2.42. The van der Waals surface area contributed by atoms with Crippen LogP contribution in [0.1, 0.15) is 6.42 Å². The van der Waals surface area contributed by atoms with E-state index in [-0.39, 0.29) is 30.4 Å². The van der Waals surface area contributed by atoms with E-state index in [2.05, 4.69) is 25.8 Å². The molecule has 0 bridgehead atoms. The van der Waals surface area contributed by atoms with Crippen LogP contribution in [0, 0.1) is 0 Å². The van der Waals surface area contributed by atoms with Crippen molar-refractivity contribution in [1.29, 1.82) is 0 Å². The summed E-state index contributed by atoms with van der Waals surface area (Å²) in [6, 6.07) is -0.237. The zero-order chi connectivity index (χ0) is 20.5. The van der Waals surface area contributed by atoms with Gasteiger partial charge in [0.1, 0.15) is 13.2 Å². The van der Waals surface area contributed by atoms with Crippen LogP contribution in [0.5, 0.6) is 0 Å². The largest absolute Gasteiger partial charge is 0.445 e. The van der Waals surface area contributed by atoms with Crippen molar-refractivity contribution in [3.05, 3.63) is 37.5 Å². The molecule has 0 N–H and O–H groups in total. The SMILES string of the molecule is C=CCOC(=O)N1CCN(C(=O)/C=C/[C@@H]2C[C@H](S)CN2C(=O)OCC=C)CC1. The van der Waals surface area contributed by atoms with Gasteiger partial charge in [0.15, 0.2) is 0 Å². The molecule has 0 unspecified atom stereocenters. The van der Waals surface area contributed by atoms with Gasteiger partial charge in [0, 0.05) is 44.0 Å². The highest BCUT2D eigenvalue weighted by Crippen LogP contribution is 2.23. The van der Waals surface area contributed by atoms with Crippen molar-refractivity contribution in [1.82, 2.24) is 14.7 Å². The number of ether oxygens (including phenoxy) is 2. The minimum atomic E-state index is -0.440. The van der Waals surface area contributed by atoms with Crippen LogP contribution in [0.25, 0.3) is 0 Å². The second kappa shape index (κ2) is 10.8. The summed E-state index contributed by atoms with van der Waals surface area (Å²) in [7, 11) is 0. The third-order valence-corrected chi connectivity index (χ3v) is 4.89. The van der Waals surface area contributed by atoms with Crippen LogP contribution in [0.3, 0.4) is 0 Å². The third-order valence-electron chi connectivity index (χ3n) is 4.52. The lowest BCUT2D eigenvalue weighted by Crippen LogP contribution is -2.50. The molecule has 2 atom stereocenters. The van der Waals surface area contributed by atoms with E-state index < -0.39 is 12.2 Å². The number of rotatable bonds is 6. The highest BCUT2D eigenvalue weighted by Gasteiger charge is 2.33. The average Bonchev–Trinajstić information content (AvgIpc) is 3.09. The van der Waals surface area contributed by atoms with Crippen LogP contribution in [-0.2, 0) is 14.3 Å². The molecule has 154 valence electrons. The summed E-state index contributed by atoms with van der Waals surface area (Å²) in [6.45, 7) is 9.48. The number of amides is 3. The maximum atomic E-state index is 12.5. The lowest BCUT2D eigenvalue weighted by molar-refractivity contribution is -0.127. The fraction of sp³-hybridized carbons (Fsp3) is 0.526. The Balaban J connectivity index is 1.85. The van der Waals surface area contributed by atoms with Crippen LogP contribution < -0.4 is 0 Å². The summed E-state index contributed by atoms with van der Waals surface area (Å²) >= 11 is 4.44. The van der Waals surface area contributed by atoms with Gasteiger partial charge in [-0.05, 0) is 6.42 Å². The van der Waals surface area contributed by atoms with E-state index in [9.17, 15) is 14.4 Å². The van der Waals surface area contributed by atoms with Crippen molar-refractivity contribution < 1.29 is 23.9 Å². The number of thiol groups is 1. The van der Waals surface area contributed by atoms with Gasteiger partial charge in [0.2, 0.25) is 5.91 Å². The molecule has 2 aliphatic rings. The van der Waals surface area contributed by atoms with Crippen LogP contribution >= 0.6 is 12.6 Å². The van der Waals surface area contributed by atoms with Crippen LogP contribution in [0.4, 0.5) is 9.59 Å². The Bertz CT molecular complexity index is 631. The van der Waals surface area contributed by atoms with E-state index in [1.54, 1.807) is 20.8 Å². The van der Waals surface area contributed by atoms with E-state index in [0.29, 0.717) is 39.1 Å². The first kappa shape index (κ1) is 21.9. The fourth-order valence-corrected chi connectivity index (χ4v) is 3.47. The Morgan fingerprint density at radius 1 is 0.964 bits per heavy atom. The second-order valence-corrected chi connectivity index (χ2v) is 7.24. The van der Waals surface area contributed by atoms with Crippen molar-refractivity contribution in [3.8, 4) is 0 Å². The van der Waals surface area contributed by atoms with Gasteiger partial charge in [-0.1, -0.05) is 31.4 Å². The van der Waals surface area contributed by atoms with Crippen LogP contribution in [-0.4, -0.2) is 90.0 Å². The number of piperazine rings is 1. The Morgan fingerprint density at radius 2 is 1.54 bits per heavy atom. The summed E-state index contributed by atoms with van der Waals surface area (Å²) < 4.78 is 10.1. The topological polar surface area (TPSA) is 79.4 Å². The zero-order valence-electron chi connectivity index (χ0n) is 15.9. The van der Waals surface area contributed by atoms with Gasteiger partial charge in [-0.2, -0.15) is 12.6 Å². The highest BCUT2D eigenvalue weighted by atomic mass is 32.1. The molecule has 0 aromatic heterocycles. The number of nitrogens with zero attached hydrogens (tertiary/aromatic N) is 3. The van der Waals surface area contributed by atoms with Gasteiger partial charge in [0.25, 0.3) is 0 Å². The Labute approximate surface area is 170 Å². The maximum absolute atomic E-state index is 12.5. The van der Waals surface area contributed by atoms with Crippen LogP contribution in [0.2, 0.25) is 0 Å². The average molecular weight is 410 g/mol. The first-order valence-corrected chi connectivity index (χ1v) is 9.70. The Kier molecular flexibility index (Phi) is 8.43. The Morgan fingerprint density at radius 3 is 2.14 bits per heavy atom. The number of likely N-dealkylation sites (tertiary alicyclic amines) is 1. The summed E-state index contributed by atoms with van der Waals surface area (Å²) in [5, 5.41) is 0.0335. The quantitative estimate of drug-likeness (QED) is 0.410. The smallest absolute Gasteiger partial charge is 0.410 e. The first-order chi connectivity index (χ1) is 13.5. The molecule has 0 aromatic rings. The monoisotopic (exact) mass is 409 g/mol. The lowest BCUT2D eigenvalue weighted by atomic mass is 10.2. The fourth-order valence-electron chi connectivity index (χ4n) is 3.08. The molecule has 0 saturated carbocycles. The molecule has 0 spiro atoms. The zero-order valence-corrected chi connectivity index (χ0v) is 16.8. The molecule has 8 nitrogen and oxygen atoms in total. The standard InChI is InChI=1S/C19H27N3O5S/c1-3-11-26-18(24)21-9-7-20(8-10-21)17(23)6-5-15-13-16(28)14-22(15)19(25)27-12-4-2/h3-6,15-16,28H,1-2,7-14H2/b6-5+/t15-,16+/m1/s1. The summed E-state index contributed by atoms with van der Waals surface area (Å²) in [5.74, 6) is -0.152. The van der Waals surface area contributed by atoms with E-state index in [4.69, 9.17) is 9.47 Å². The number of hydrogen-bond donors (Lipinski definition) is 1. The summed E-state index contributed by atoms with van der Waals surface area (Å²) in [6.07, 6.45) is 6.03. The molecule has 3 amide bonds. The number of hydrogen-bond acceptors (Lipinski definition) is 6. The van der Waals surface area contributed by atoms with Gasteiger partial charge in [-0.3, -0.25) is 4.79 Å². The lowest BCUT2D eigenvalue weighted by Gasteiger charge is -2.33. The second-order valence-electron chi connectivity index (χ2n) is 6.51. The molecule has 2 rings (SSSR count). The molecular weight excluding hydrogens is 382 g/mol. The van der Waals surface area contributed by atoms with E-state index in [1.165, 1.54) is 18.2 Å². The molecule has 0 radical (unpaired) electrons. The molecule has 0 aliphatic carbocycles. The minimum Gasteiger partial charge on any atom is -0.445 e. The maximum Gasteiger partial charge on any atom is 0.410 e. The molecule has 2 fully saturated rings. The van der Waals surface area contributed by atoms with Gasteiger partial charge in [0.05, 0.1) is 6.04 Å². The molecule has 0 aromatic carbocycles.